The molecule has 2 saturated carbocycles. The van der Waals surface area contributed by atoms with Crippen molar-refractivity contribution in [3.8, 4) is 0 Å². The molecule has 0 N–H and O–H groups in total. The first-order valence-electron chi connectivity index (χ1n) is 8.20. The summed E-state index contributed by atoms with van der Waals surface area (Å²) in [5, 5.41) is 0. The van der Waals surface area contributed by atoms with Crippen molar-refractivity contribution in [1.29, 1.82) is 0 Å². The summed E-state index contributed by atoms with van der Waals surface area (Å²) in [7, 11) is 0. The van der Waals surface area contributed by atoms with Crippen LogP contribution in [0.1, 0.15) is 78.6 Å². The third-order valence-electron chi connectivity index (χ3n) is 5.92. The normalized spacial score (nSPS) is 39.7. The molecule has 0 nitrogen and oxygen atoms in total. The summed E-state index contributed by atoms with van der Waals surface area (Å²) in [5.41, 5.74) is 0. The average molecular weight is 236 g/mol. The van der Waals surface area contributed by atoms with Gasteiger partial charge in [0.15, 0.2) is 0 Å². The van der Waals surface area contributed by atoms with Crippen molar-refractivity contribution >= 4 is 0 Å². The van der Waals surface area contributed by atoms with Crippen molar-refractivity contribution in [3.05, 3.63) is 0 Å². The van der Waals surface area contributed by atoms with Crippen molar-refractivity contribution in [2.45, 2.75) is 78.6 Å². The highest BCUT2D eigenvalue weighted by atomic mass is 14.3. The maximum atomic E-state index is 2.53. The Morgan fingerprint density at radius 3 is 2.41 bits per heavy atom. The molecule has 0 spiro atoms. The molecule has 100 valence electrons. The maximum Gasteiger partial charge on any atom is -0.0363 e. The fraction of sp³-hybridized carbons (Fsp3) is 1.00. The van der Waals surface area contributed by atoms with E-state index in [1.54, 1.807) is 6.42 Å². The monoisotopic (exact) mass is 236 g/mol. The molecule has 2 fully saturated rings. The smallest absolute Gasteiger partial charge is 0.0363 e. The zero-order chi connectivity index (χ0) is 12.3. The largest absolute Gasteiger partial charge is 0.0651 e. The molecule has 5 atom stereocenters. The minimum atomic E-state index is 0.994. The van der Waals surface area contributed by atoms with Gasteiger partial charge in [-0.15, -0.1) is 0 Å². The fourth-order valence-corrected chi connectivity index (χ4v) is 4.54. The van der Waals surface area contributed by atoms with Gasteiger partial charge < -0.3 is 0 Å². The van der Waals surface area contributed by atoms with Gasteiger partial charge in [0.1, 0.15) is 0 Å². The van der Waals surface area contributed by atoms with Gasteiger partial charge in [0.05, 0.1) is 0 Å². The molecule has 2 aliphatic carbocycles. The van der Waals surface area contributed by atoms with Crippen LogP contribution in [0.3, 0.4) is 0 Å². The summed E-state index contributed by atoms with van der Waals surface area (Å²) in [6, 6.07) is 0. The third-order valence-corrected chi connectivity index (χ3v) is 5.92. The highest BCUT2D eigenvalue weighted by Crippen LogP contribution is 2.41. The molecule has 0 heterocycles. The minimum Gasteiger partial charge on any atom is -0.0651 e. The van der Waals surface area contributed by atoms with Crippen molar-refractivity contribution in [1.82, 2.24) is 0 Å². The van der Waals surface area contributed by atoms with Crippen LogP contribution in [0.25, 0.3) is 0 Å². The zero-order valence-electron chi connectivity index (χ0n) is 12.3. The lowest BCUT2D eigenvalue weighted by Crippen LogP contribution is -2.15. The first kappa shape index (κ1) is 13.4. The summed E-state index contributed by atoms with van der Waals surface area (Å²) < 4.78 is 0. The van der Waals surface area contributed by atoms with E-state index < -0.39 is 0 Å². The second kappa shape index (κ2) is 6.25. The van der Waals surface area contributed by atoms with Gasteiger partial charge in [-0.3, -0.25) is 0 Å². The van der Waals surface area contributed by atoms with Gasteiger partial charge in [-0.25, -0.2) is 0 Å². The van der Waals surface area contributed by atoms with Gasteiger partial charge >= 0.3 is 0 Å². The second-order valence-electron chi connectivity index (χ2n) is 7.08. The molecular weight excluding hydrogens is 204 g/mol. The summed E-state index contributed by atoms with van der Waals surface area (Å²) in [5.74, 6) is 5.21. The van der Waals surface area contributed by atoms with E-state index in [1.165, 1.54) is 51.4 Å². The van der Waals surface area contributed by atoms with E-state index in [9.17, 15) is 0 Å². The minimum absolute atomic E-state index is 0.994. The van der Waals surface area contributed by atoms with Crippen LogP contribution in [0.4, 0.5) is 0 Å². The molecule has 0 aliphatic heterocycles. The lowest BCUT2D eigenvalue weighted by atomic mass is 9.81. The quantitative estimate of drug-likeness (QED) is 0.577. The molecule has 0 saturated heterocycles. The Morgan fingerprint density at radius 2 is 1.82 bits per heavy atom. The van der Waals surface area contributed by atoms with Crippen LogP contribution in [0, 0.1) is 29.6 Å². The van der Waals surface area contributed by atoms with Gasteiger partial charge in [-0.1, -0.05) is 65.7 Å². The van der Waals surface area contributed by atoms with Crippen LogP contribution in [-0.4, -0.2) is 0 Å². The molecule has 0 aromatic rings. The summed E-state index contributed by atoms with van der Waals surface area (Å²) >= 11 is 0. The Morgan fingerprint density at radius 1 is 1.06 bits per heavy atom. The van der Waals surface area contributed by atoms with E-state index in [-0.39, 0.29) is 0 Å². The van der Waals surface area contributed by atoms with Crippen molar-refractivity contribution < 1.29 is 0 Å². The van der Waals surface area contributed by atoms with Crippen molar-refractivity contribution in [2.24, 2.45) is 29.6 Å². The number of rotatable bonds is 5. The number of hydrogen-bond acceptors (Lipinski definition) is 0. The predicted molar refractivity (Wildman–Crippen MR) is 76.0 cm³/mol. The summed E-state index contributed by atoms with van der Waals surface area (Å²) in [4.78, 5) is 0. The summed E-state index contributed by atoms with van der Waals surface area (Å²) in [6.07, 6.45) is 13.6. The van der Waals surface area contributed by atoms with Gasteiger partial charge in [-0.2, -0.15) is 0 Å². The van der Waals surface area contributed by atoms with E-state index >= 15 is 0 Å². The van der Waals surface area contributed by atoms with Crippen LogP contribution in [0.15, 0.2) is 0 Å². The molecule has 2 rings (SSSR count). The van der Waals surface area contributed by atoms with Gasteiger partial charge in [0.25, 0.3) is 0 Å². The molecule has 5 unspecified atom stereocenters. The molecule has 0 bridgehead atoms. The standard InChI is InChI=1S/C17H32/c1-4-15-10-11-16(12-15)9-8-14(3)17-7-5-6-13(17)2/h13-17H,4-12H2,1-3H3. The van der Waals surface area contributed by atoms with E-state index in [0.717, 1.165) is 29.6 Å². The molecule has 0 heteroatoms. The third kappa shape index (κ3) is 3.48. The Bertz CT molecular complexity index is 220. The van der Waals surface area contributed by atoms with Crippen LogP contribution in [-0.2, 0) is 0 Å². The lowest BCUT2D eigenvalue weighted by Gasteiger charge is -2.24. The molecule has 17 heavy (non-hydrogen) atoms. The maximum absolute atomic E-state index is 2.53. The van der Waals surface area contributed by atoms with E-state index in [1.807, 2.05) is 0 Å². The van der Waals surface area contributed by atoms with Crippen LogP contribution >= 0.6 is 0 Å². The van der Waals surface area contributed by atoms with Crippen molar-refractivity contribution in [2.75, 3.05) is 0 Å². The summed E-state index contributed by atoms with van der Waals surface area (Å²) in [6.45, 7) is 7.38. The van der Waals surface area contributed by atoms with Gasteiger partial charge in [0.2, 0.25) is 0 Å². The Balaban J connectivity index is 1.68. The molecule has 2 aliphatic rings. The van der Waals surface area contributed by atoms with Crippen molar-refractivity contribution in [3.63, 3.8) is 0 Å². The molecule has 0 radical (unpaired) electrons. The average Bonchev–Trinajstić information content (AvgIpc) is 2.94. The van der Waals surface area contributed by atoms with Crippen LogP contribution in [0.2, 0.25) is 0 Å². The molecule has 0 amide bonds. The first-order valence-corrected chi connectivity index (χ1v) is 8.20. The lowest BCUT2D eigenvalue weighted by molar-refractivity contribution is 0.260. The van der Waals surface area contributed by atoms with E-state index in [0.29, 0.717) is 0 Å². The number of hydrogen-bond donors (Lipinski definition) is 0. The molecule has 0 aromatic heterocycles. The topological polar surface area (TPSA) is 0 Å². The second-order valence-corrected chi connectivity index (χ2v) is 7.08. The van der Waals surface area contributed by atoms with Gasteiger partial charge in [0, 0.05) is 0 Å². The van der Waals surface area contributed by atoms with E-state index in [2.05, 4.69) is 20.8 Å². The van der Waals surface area contributed by atoms with Gasteiger partial charge in [-0.05, 0) is 42.4 Å². The highest BCUT2D eigenvalue weighted by Gasteiger charge is 2.29. The highest BCUT2D eigenvalue weighted by molar-refractivity contribution is 4.80. The van der Waals surface area contributed by atoms with Crippen LogP contribution < -0.4 is 0 Å². The Hall–Kier alpha value is 0. The van der Waals surface area contributed by atoms with E-state index in [4.69, 9.17) is 0 Å². The SMILES string of the molecule is CCC1CCC(CCC(C)C2CCCC2C)C1. The zero-order valence-corrected chi connectivity index (χ0v) is 12.3. The molecular formula is C17H32. The Kier molecular flexibility index (Phi) is 4.94. The molecule has 0 aromatic carbocycles. The Labute approximate surface area is 109 Å². The first-order chi connectivity index (χ1) is 8.20. The van der Waals surface area contributed by atoms with Crippen LogP contribution in [0.5, 0.6) is 0 Å². The predicted octanol–water partition coefficient (Wildman–Crippen LogP) is 5.67. The fourth-order valence-electron chi connectivity index (χ4n) is 4.54.